The molecule has 4 rings (SSSR count). The van der Waals surface area contributed by atoms with Gasteiger partial charge in [-0.15, -0.1) is 0 Å². The summed E-state index contributed by atoms with van der Waals surface area (Å²) in [5.74, 6) is 1.80. The van der Waals surface area contributed by atoms with Gasteiger partial charge >= 0.3 is 0 Å². The molecule has 0 fully saturated rings. The van der Waals surface area contributed by atoms with Crippen LogP contribution in [0, 0.1) is 0 Å². The van der Waals surface area contributed by atoms with E-state index >= 15 is 0 Å². The van der Waals surface area contributed by atoms with Crippen LogP contribution in [0.3, 0.4) is 0 Å². The van der Waals surface area contributed by atoms with Crippen LogP contribution in [0.4, 0.5) is 5.69 Å². The van der Waals surface area contributed by atoms with Crippen molar-refractivity contribution in [3.05, 3.63) is 52.6 Å². The summed E-state index contributed by atoms with van der Waals surface area (Å²) in [7, 11) is 4.61. The van der Waals surface area contributed by atoms with Crippen LogP contribution in [0.2, 0.25) is 0 Å². The Morgan fingerprint density at radius 3 is 2.73 bits per heavy atom. The number of ether oxygens (including phenoxy) is 3. The Hall–Kier alpha value is -3.75. The number of fused-ring (bicyclic) bond motifs is 2. The van der Waals surface area contributed by atoms with Gasteiger partial charge in [0.15, 0.2) is 17.6 Å². The number of hydrogen-bond acceptors (Lipinski definition) is 7. The number of para-hydroxylation sites is 2. The van der Waals surface area contributed by atoms with E-state index in [1.54, 1.807) is 19.2 Å². The molecule has 0 bridgehead atoms. The molecule has 1 aliphatic rings. The molecule has 1 aromatic heterocycles. The Morgan fingerprint density at radius 2 is 2.00 bits per heavy atom. The minimum Gasteiger partial charge on any atom is -0.493 e. The summed E-state index contributed by atoms with van der Waals surface area (Å²) in [5, 5.41) is 3.02. The van der Waals surface area contributed by atoms with Crippen molar-refractivity contribution in [2.75, 3.05) is 32.7 Å². The molecular weight excluding hydrogens is 388 g/mol. The number of nitrogens with zero attached hydrogens (tertiary/aromatic N) is 2. The minimum atomic E-state index is -0.665. The first-order valence-electron chi connectivity index (χ1n) is 9.41. The number of methoxy groups -OCH3 is 2. The summed E-state index contributed by atoms with van der Waals surface area (Å²) in [5.41, 5.74) is 1.05. The number of nitrogens with one attached hydrogen (secondary N) is 2. The van der Waals surface area contributed by atoms with Gasteiger partial charge in [-0.2, -0.15) is 0 Å². The summed E-state index contributed by atoms with van der Waals surface area (Å²) >= 11 is 0. The quantitative estimate of drug-likeness (QED) is 0.656. The highest BCUT2D eigenvalue weighted by Crippen LogP contribution is 2.34. The average Bonchev–Trinajstić information content (AvgIpc) is 2.77. The summed E-state index contributed by atoms with van der Waals surface area (Å²) in [4.78, 5) is 34.2. The lowest BCUT2D eigenvalue weighted by atomic mass is 10.1. The first-order valence-corrected chi connectivity index (χ1v) is 9.41. The number of rotatable bonds is 5. The molecule has 0 radical (unpaired) electrons. The highest BCUT2D eigenvalue weighted by molar-refractivity contribution is 5.83. The number of hydrogen-bond donors (Lipinski definition) is 2. The zero-order valence-corrected chi connectivity index (χ0v) is 16.9. The number of carbonyl (C=O) groups is 1. The van der Waals surface area contributed by atoms with E-state index in [2.05, 4.69) is 15.3 Å². The Kier molecular flexibility index (Phi) is 5.18. The van der Waals surface area contributed by atoms with E-state index in [1.165, 1.54) is 14.2 Å². The lowest BCUT2D eigenvalue weighted by Crippen LogP contribution is -2.48. The largest absolute Gasteiger partial charge is 0.493 e. The number of aromatic nitrogens is 2. The molecule has 156 valence electrons. The Morgan fingerprint density at radius 1 is 1.27 bits per heavy atom. The van der Waals surface area contributed by atoms with Gasteiger partial charge in [0.1, 0.15) is 11.6 Å². The number of amides is 1. The highest BCUT2D eigenvalue weighted by atomic mass is 16.5. The molecule has 2 heterocycles. The molecule has 1 amide bonds. The monoisotopic (exact) mass is 410 g/mol. The molecule has 9 nitrogen and oxygen atoms in total. The molecular formula is C21H22N4O5. The second-order valence-electron chi connectivity index (χ2n) is 6.81. The third-order valence-electron chi connectivity index (χ3n) is 5.00. The molecule has 3 aromatic rings. The number of likely N-dealkylation sites (N-methyl/N-ethyl adjacent to an activating group) is 1. The Balaban J connectivity index is 1.72. The van der Waals surface area contributed by atoms with Gasteiger partial charge in [-0.05, 0) is 18.2 Å². The van der Waals surface area contributed by atoms with Gasteiger partial charge < -0.3 is 29.4 Å². The van der Waals surface area contributed by atoms with Crippen LogP contribution in [0.5, 0.6) is 17.2 Å². The van der Waals surface area contributed by atoms with Crippen molar-refractivity contribution in [3.8, 4) is 17.2 Å². The van der Waals surface area contributed by atoms with E-state index in [0.717, 1.165) is 5.69 Å². The van der Waals surface area contributed by atoms with Gasteiger partial charge in [0.25, 0.3) is 11.5 Å². The molecule has 2 N–H and O–H groups in total. The molecule has 1 atom stereocenters. The van der Waals surface area contributed by atoms with Crippen molar-refractivity contribution in [1.29, 1.82) is 0 Å². The fourth-order valence-electron chi connectivity index (χ4n) is 3.52. The van der Waals surface area contributed by atoms with Crippen molar-refractivity contribution < 1.29 is 19.0 Å². The van der Waals surface area contributed by atoms with Gasteiger partial charge in [0.05, 0.1) is 43.9 Å². The molecule has 1 aliphatic heterocycles. The molecule has 0 spiro atoms. The maximum absolute atomic E-state index is 12.7. The number of anilines is 1. The zero-order valence-electron chi connectivity index (χ0n) is 16.9. The van der Waals surface area contributed by atoms with Crippen molar-refractivity contribution in [2.45, 2.75) is 12.6 Å². The lowest BCUT2D eigenvalue weighted by Gasteiger charge is -2.35. The van der Waals surface area contributed by atoms with Crippen LogP contribution in [-0.4, -0.2) is 49.8 Å². The van der Waals surface area contributed by atoms with Crippen molar-refractivity contribution in [3.63, 3.8) is 0 Å². The zero-order chi connectivity index (χ0) is 21.3. The molecule has 2 aromatic carbocycles. The fraction of sp³-hybridized carbons (Fsp3) is 0.286. The fourth-order valence-corrected chi connectivity index (χ4v) is 3.52. The first-order chi connectivity index (χ1) is 14.5. The normalized spacial score (nSPS) is 15.3. The van der Waals surface area contributed by atoms with E-state index in [-0.39, 0.29) is 11.5 Å². The van der Waals surface area contributed by atoms with E-state index in [4.69, 9.17) is 14.2 Å². The maximum Gasteiger partial charge on any atom is 0.262 e. The maximum atomic E-state index is 12.7. The molecule has 0 saturated heterocycles. The number of H-pyrrole nitrogens is 1. The minimum absolute atomic E-state index is 0.216. The van der Waals surface area contributed by atoms with Crippen LogP contribution < -0.4 is 30.0 Å². The van der Waals surface area contributed by atoms with E-state index in [9.17, 15) is 9.59 Å². The van der Waals surface area contributed by atoms with Gasteiger partial charge in [-0.1, -0.05) is 12.1 Å². The molecule has 0 unspecified atom stereocenters. The van der Waals surface area contributed by atoms with Gasteiger partial charge in [-0.3, -0.25) is 9.59 Å². The van der Waals surface area contributed by atoms with Gasteiger partial charge in [-0.25, -0.2) is 4.98 Å². The second kappa shape index (κ2) is 7.94. The highest BCUT2D eigenvalue weighted by Gasteiger charge is 2.30. The van der Waals surface area contributed by atoms with Crippen molar-refractivity contribution in [1.82, 2.24) is 15.3 Å². The molecule has 30 heavy (non-hydrogen) atoms. The van der Waals surface area contributed by atoms with E-state index in [1.807, 2.05) is 29.2 Å². The third-order valence-corrected chi connectivity index (χ3v) is 5.00. The average molecular weight is 410 g/mol. The van der Waals surface area contributed by atoms with Gasteiger partial charge in [0, 0.05) is 13.1 Å². The lowest BCUT2D eigenvalue weighted by molar-refractivity contribution is -0.127. The molecule has 0 aliphatic carbocycles. The standard InChI is InChI=1S/C21H22N4O5/c1-22-21(27)18-10-25(14-6-4-5-7-15(14)30-18)11-19-23-13-9-17(29-3)16(28-2)8-12(13)20(26)24-19/h4-9,18H,10-11H2,1-3H3,(H,22,27)(H,23,24,26)/t18-/m1/s1. The predicted octanol–water partition coefficient (Wildman–Crippen LogP) is 1.45. The topological polar surface area (TPSA) is 106 Å². The summed E-state index contributed by atoms with van der Waals surface area (Å²) in [6.07, 6.45) is -0.665. The molecule has 0 saturated carbocycles. The Labute approximate surface area is 172 Å². The number of aromatic amines is 1. The van der Waals surface area contributed by atoms with Crippen LogP contribution in [0.1, 0.15) is 5.82 Å². The smallest absolute Gasteiger partial charge is 0.262 e. The summed E-state index contributed by atoms with van der Waals surface area (Å²) in [6, 6.07) is 10.7. The summed E-state index contributed by atoms with van der Waals surface area (Å²) < 4.78 is 16.4. The van der Waals surface area contributed by atoms with Crippen molar-refractivity contribution >= 4 is 22.5 Å². The summed E-state index contributed by atoms with van der Waals surface area (Å²) in [6.45, 7) is 0.623. The predicted molar refractivity (Wildman–Crippen MR) is 111 cm³/mol. The van der Waals surface area contributed by atoms with E-state index in [0.29, 0.717) is 47.1 Å². The van der Waals surface area contributed by atoms with E-state index < -0.39 is 6.10 Å². The van der Waals surface area contributed by atoms with Crippen LogP contribution in [-0.2, 0) is 11.3 Å². The molecule has 9 heteroatoms. The Bertz CT molecular complexity index is 1160. The number of carbonyl (C=O) groups excluding carboxylic acids is 1. The van der Waals surface area contributed by atoms with Crippen molar-refractivity contribution in [2.24, 2.45) is 0 Å². The second-order valence-corrected chi connectivity index (χ2v) is 6.81. The van der Waals surface area contributed by atoms with Crippen LogP contribution in [0.25, 0.3) is 10.9 Å². The van der Waals surface area contributed by atoms with Crippen LogP contribution in [0.15, 0.2) is 41.2 Å². The first kappa shape index (κ1) is 19.6. The SMILES string of the molecule is CNC(=O)[C@H]1CN(Cc2nc3cc(OC)c(OC)cc3c(=O)[nH]2)c2ccccc2O1. The van der Waals surface area contributed by atoms with Crippen LogP contribution >= 0.6 is 0 Å². The third kappa shape index (κ3) is 3.49. The number of benzene rings is 2. The van der Waals surface area contributed by atoms with Gasteiger partial charge in [0.2, 0.25) is 0 Å².